The van der Waals surface area contributed by atoms with Crippen LogP contribution in [0, 0.1) is 0 Å². The van der Waals surface area contributed by atoms with Crippen LogP contribution in [-0.4, -0.2) is 35.3 Å². The van der Waals surface area contributed by atoms with Crippen LogP contribution in [0.5, 0.6) is 0 Å². The van der Waals surface area contributed by atoms with E-state index < -0.39 is 14.6 Å². The summed E-state index contributed by atoms with van der Waals surface area (Å²) in [5.74, 6) is -0.331. The summed E-state index contributed by atoms with van der Waals surface area (Å²) in [6.07, 6.45) is 7.37. The number of sulfone groups is 1. The predicted molar refractivity (Wildman–Crippen MR) is 102 cm³/mol. The summed E-state index contributed by atoms with van der Waals surface area (Å²) in [5.41, 5.74) is 2.22. The van der Waals surface area contributed by atoms with Crippen molar-refractivity contribution in [3.63, 3.8) is 0 Å². The van der Waals surface area contributed by atoms with E-state index in [-0.39, 0.29) is 16.8 Å². The minimum absolute atomic E-state index is 0.0487. The van der Waals surface area contributed by atoms with Crippen molar-refractivity contribution in [2.45, 2.75) is 67.1 Å². The number of carbonyl (C=O) groups excluding carboxylic acids is 1. The first-order chi connectivity index (χ1) is 13.0. The lowest BCUT2D eigenvalue weighted by atomic mass is 9.86. The van der Waals surface area contributed by atoms with Crippen molar-refractivity contribution in [1.82, 2.24) is 15.5 Å². The van der Waals surface area contributed by atoms with Gasteiger partial charge < -0.3 is 5.32 Å². The molecular weight excluding hydrogens is 362 g/mol. The number of hydrogen-bond acceptors (Lipinski definition) is 4. The van der Waals surface area contributed by atoms with Gasteiger partial charge in [-0.2, -0.15) is 5.10 Å². The molecule has 6 nitrogen and oxygen atoms in total. The van der Waals surface area contributed by atoms with Crippen molar-refractivity contribution in [3.05, 3.63) is 47.8 Å². The maximum absolute atomic E-state index is 13.5. The molecule has 1 aromatic carbocycles. The van der Waals surface area contributed by atoms with Gasteiger partial charge in [0.1, 0.15) is 0 Å². The molecule has 1 saturated carbocycles. The molecule has 0 saturated heterocycles. The number of aromatic nitrogens is 2. The third kappa shape index (κ3) is 3.18. The molecule has 2 aromatic rings. The Morgan fingerprint density at radius 2 is 1.89 bits per heavy atom. The van der Waals surface area contributed by atoms with E-state index in [2.05, 4.69) is 15.5 Å². The highest BCUT2D eigenvalue weighted by Gasteiger charge is 2.52. The molecular formula is C20H25N3O3S. The predicted octanol–water partition coefficient (Wildman–Crippen LogP) is 2.56. The standard InChI is InChI=1S/C20H25N3O3S/c24-19(22-16-9-10-18-15(13-16)14-21-23-18)20(11-5-2-6-12-20)27(25,26)17-7-3-1-4-8-17/h1,3-4,7-8,14,16H,2,5-6,9-13H2,(H,21,23)(H,22,24). The van der Waals surface area contributed by atoms with Crippen LogP contribution in [0.1, 0.15) is 49.8 Å². The molecule has 7 heteroatoms. The highest BCUT2D eigenvalue weighted by Crippen LogP contribution is 2.39. The van der Waals surface area contributed by atoms with Crippen LogP contribution in [-0.2, 0) is 27.5 Å². The summed E-state index contributed by atoms with van der Waals surface area (Å²) < 4.78 is 25.6. The number of aromatic amines is 1. The third-order valence-electron chi connectivity index (χ3n) is 5.99. The molecule has 1 fully saturated rings. The minimum atomic E-state index is -3.75. The van der Waals surface area contributed by atoms with E-state index in [4.69, 9.17) is 0 Å². The number of benzene rings is 1. The number of amides is 1. The maximum Gasteiger partial charge on any atom is 0.242 e. The van der Waals surface area contributed by atoms with Gasteiger partial charge >= 0.3 is 0 Å². The van der Waals surface area contributed by atoms with Gasteiger partial charge in [0.05, 0.1) is 11.1 Å². The highest BCUT2D eigenvalue weighted by atomic mass is 32.2. The first kappa shape index (κ1) is 18.2. The number of H-pyrrole nitrogens is 1. The molecule has 27 heavy (non-hydrogen) atoms. The second-order valence-electron chi connectivity index (χ2n) is 7.66. The molecule has 0 spiro atoms. The molecule has 144 valence electrons. The van der Waals surface area contributed by atoms with Gasteiger partial charge in [-0.3, -0.25) is 9.89 Å². The van der Waals surface area contributed by atoms with E-state index in [0.717, 1.165) is 43.4 Å². The Hall–Kier alpha value is -2.15. The van der Waals surface area contributed by atoms with Crippen LogP contribution in [0.3, 0.4) is 0 Å². The van der Waals surface area contributed by atoms with E-state index in [9.17, 15) is 13.2 Å². The van der Waals surface area contributed by atoms with Crippen LogP contribution in [0.25, 0.3) is 0 Å². The number of fused-ring (bicyclic) bond motifs is 1. The number of hydrogen-bond donors (Lipinski definition) is 2. The SMILES string of the molecule is O=C(NC1CCc2[nH]ncc2C1)C1(S(=O)(=O)c2ccccc2)CCCCC1. The van der Waals surface area contributed by atoms with Crippen LogP contribution in [0.2, 0.25) is 0 Å². The number of aryl methyl sites for hydroxylation is 1. The summed E-state index contributed by atoms with van der Waals surface area (Å²) >= 11 is 0. The molecule has 1 heterocycles. The maximum atomic E-state index is 13.5. The van der Waals surface area contributed by atoms with Crippen LogP contribution in [0.4, 0.5) is 0 Å². The summed E-state index contributed by atoms with van der Waals surface area (Å²) in [6, 6.07) is 8.35. The van der Waals surface area contributed by atoms with Gasteiger partial charge in [-0.05, 0) is 49.8 Å². The van der Waals surface area contributed by atoms with Gasteiger partial charge in [0.15, 0.2) is 14.6 Å². The first-order valence-electron chi connectivity index (χ1n) is 9.65. The Balaban J connectivity index is 1.61. The second kappa shape index (κ2) is 7.11. The zero-order valence-electron chi connectivity index (χ0n) is 15.3. The minimum Gasteiger partial charge on any atom is -0.352 e. The van der Waals surface area contributed by atoms with Gasteiger partial charge in [-0.1, -0.05) is 37.5 Å². The largest absolute Gasteiger partial charge is 0.352 e. The van der Waals surface area contributed by atoms with Crippen molar-refractivity contribution in [2.75, 3.05) is 0 Å². The van der Waals surface area contributed by atoms with Gasteiger partial charge in [0.2, 0.25) is 5.91 Å². The second-order valence-corrected chi connectivity index (χ2v) is 9.92. The Labute approximate surface area is 159 Å². The monoisotopic (exact) mass is 387 g/mol. The quantitative estimate of drug-likeness (QED) is 0.843. The van der Waals surface area contributed by atoms with E-state index in [1.54, 1.807) is 36.5 Å². The molecule has 1 atom stereocenters. The van der Waals surface area contributed by atoms with Gasteiger partial charge in [-0.25, -0.2) is 8.42 Å². The van der Waals surface area contributed by atoms with Crippen LogP contribution >= 0.6 is 0 Å². The van der Waals surface area contributed by atoms with Crippen LogP contribution < -0.4 is 5.32 Å². The Morgan fingerprint density at radius 3 is 2.63 bits per heavy atom. The van der Waals surface area contributed by atoms with Gasteiger partial charge in [0.25, 0.3) is 0 Å². The fraction of sp³-hybridized carbons (Fsp3) is 0.500. The summed E-state index contributed by atoms with van der Waals surface area (Å²) in [7, 11) is -3.75. The lowest BCUT2D eigenvalue weighted by Crippen LogP contribution is -2.56. The molecule has 0 bridgehead atoms. The fourth-order valence-electron chi connectivity index (χ4n) is 4.42. The van der Waals surface area contributed by atoms with Crippen molar-refractivity contribution in [1.29, 1.82) is 0 Å². The molecule has 4 rings (SSSR count). The van der Waals surface area contributed by atoms with E-state index >= 15 is 0 Å². The topological polar surface area (TPSA) is 91.9 Å². The zero-order chi connectivity index (χ0) is 18.9. The molecule has 2 aliphatic rings. The fourth-order valence-corrected chi connectivity index (χ4v) is 6.52. The lowest BCUT2D eigenvalue weighted by molar-refractivity contribution is -0.125. The first-order valence-corrected chi connectivity index (χ1v) is 11.1. The Morgan fingerprint density at radius 1 is 1.15 bits per heavy atom. The number of nitrogens with one attached hydrogen (secondary N) is 2. The van der Waals surface area contributed by atoms with E-state index in [1.165, 1.54) is 0 Å². The molecule has 2 N–H and O–H groups in total. The Kier molecular flexibility index (Phi) is 4.80. The van der Waals surface area contributed by atoms with Crippen molar-refractivity contribution in [2.24, 2.45) is 0 Å². The van der Waals surface area contributed by atoms with Crippen LogP contribution in [0.15, 0.2) is 41.4 Å². The van der Waals surface area contributed by atoms with E-state index in [0.29, 0.717) is 19.3 Å². The number of nitrogens with zero attached hydrogens (tertiary/aromatic N) is 1. The molecule has 0 radical (unpaired) electrons. The normalized spacial score (nSPS) is 22.0. The molecule has 2 aliphatic carbocycles. The number of carbonyl (C=O) groups is 1. The average Bonchev–Trinajstić information content (AvgIpc) is 3.17. The lowest BCUT2D eigenvalue weighted by Gasteiger charge is -2.37. The van der Waals surface area contributed by atoms with Gasteiger partial charge in [0, 0.05) is 11.7 Å². The van der Waals surface area contributed by atoms with Crippen molar-refractivity contribution < 1.29 is 13.2 Å². The Bertz CT molecular complexity index is 915. The summed E-state index contributed by atoms with van der Waals surface area (Å²) in [4.78, 5) is 13.6. The highest BCUT2D eigenvalue weighted by molar-refractivity contribution is 7.93. The third-order valence-corrected chi connectivity index (χ3v) is 8.51. The summed E-state index contributed by atoms with van der Waals surface area (Å²) in [6.45, 7) is 0. The molecule has 1 amide bonds. The van der Waals surface area contributed by atoms with Crippen molar-refractivity contribution in [3.8, 4) is 0 Å². The zero-order valence-corrected chi connectivity index (χ0v) is 16.1. The smallest absolute Gasteiger partial charge is 0.242 e. The average molecular weight is 388 g/mol. The molecule has 0 aliphatic heterocycles. The number of rotatable bonds is 4. The molecule has 1 unspecified atom stereocenters. The van der Waals surface area contributed by atoms with E-state index in [1.807, 2.05) is 0 Å². The van der Waals surface area contributed by atoms with Crippen molar-refractivity contribution >= 4 is 15.7 Å². The molecule has 1 aromatic heterocycles. The van der Waals surface area contributed by atoms with Gasteiger partial charge in [-0.15, -0.1) is 0 Å². The summed E-state index contributed by atoms with van der Waals surface area (Å²) in [5, 5.41) is 10.1.